The molecule has 2 amide bonds. The number of carbonyl (C=O) groups excluding carboxylic acids is 2. The minimum atomic E-state index is -4.77. The van der Waals surface area contributed by atoms with Gasteiger partial charge in [-0.05, 0) is 91.3 Å². The number of nitrogens with one attached hydrogen (secondary N) is 1. The van der Waals surface area contributed by atoms with Crippen LogP contribution in [0, 0.1) is 11.8 Å². The maximum absolute atomic E-state index is 14.8. The molecule has 2 N–H and O–H groups in total. The number of methoxy groups -OCH3 is 1. The van der Waals surface area contributed by atoms with Crippen molar-refractivity contribution in [3.05, 3.63) is 70.3 Å². The molecule has 2 heterocycles. The van der Waals surface area contributed by atoms with Crippen LogP contribution in [0.25, 0.3) is 0 Å². The van der Waals surface area contributed by atoms with Crippen LogP contribution in [0.3, 0.4) is 0 Å². The van der Waals surface area contributed by atoms with E-state index in [1.807, 2.05) is 30.4 Å². The second kappa shape index (κ2) is 14.2. The van der Waals surface area contributed by atoms with E-state index < -0.39 is 38.9 Å². The van der Waals surface area contributed by atoms with Crippen molar-refractivity contribution in [2.24, 2.45) is 11.8 Å². The van der Waals surface area contributed by atoms with Gasteiger partial charge in [-0.2, -0.15) is 0 Å². The molecule has 2 aromatic rings. The summed E-state index contributed by atoms with van der Waals surface area (Å²) in [5.41, 5.74) is 0.0799. The Morgan fingerprint density at radius 3 is 2.63 bits per heavy atom. The van der Waals surface area contributed by atoms with Crippen LogP contribution in [0.15, 0.2) is 48.6 Å². The molecule has 2 aliphatic heterocycles. The van der Waals surface area contributed by atoms with E-state index in [1.54, 1.807) is 31.0 Å². The van der Waals surface area contributed by atoms with Gasteiger partial charge in [-0.25, -0.2) is 17.5 Å². The summed E-state index contributed by atoms with van der Waals surface area (Å²) >= 11 is 6.34. The summed E-state index contributed by atoms with van der Waals surface area (Å²) < 4.78 is 54.6. The zero-order chi connectivity index (χ0) is 35.0. The summed E-state index contributed by atoms with van der Waals surface area (Å²) in [4.78, 5) is 30.9. The maximum atomic E-state index is 14.8. The Morgan fingerprint density at radius 1 is 1.12 bits per heavy atom. The number of aryl methyl sites for hydroxylation is 1. The van der Waals surface area contributed by atoms with Crippen molar-refractivity contribution >= 4 is 39.1 Å². The van der Waals surface area contributed by atoms with Crippen LogP contribution in [0.5, 0.6) is 5.75 Å². The van der Waals surface area contributed by atoms with E-state index >= 15 is 0 Å². The van der Waals surface area contributed by atoms with E-state index in [4.69, 9.17) is 21.1 Å². The molecule has 2 fully saturated rings. The van der Waals surface area contributed by atoms with Crippen LogP contribution in [0.1, 0.15) is 68.1 Å². The quantitative estimate of drug-likeness (QED) is 0.424. The number of sulfonamides is 1. The maximum Gasteiger partial charge on any atom is 0.270 e. The van der Waals surface area contributed by atoms with E-state index in [-0.39, 0.29) is 43.0 Å². The van der Waals surface area contributed by atoms with Gasteiger partial charge >= 0.3 is 0 Å². The molecule has 4 aliphatic rings. The molecule has 2 saturated carbocycles. The number of alkyl halides is 1. The first-order valence-electron chi connectivity index (χ1n) is 17.0. The Kier molecular flexibility index (Phi) is 10.3. The largest absolute Gasteiger partial charge is 0.487 e. The fourth-order valence-electron chi connectivity index (χ4n) is 7.08. The monoisotopic (exact) mass is 717 g/mol. The summed E-state index contributed by atoms with van der Waals surface area (Å²) in [6.07, 6.45) is 7.72. The zero-order valence-electron chi connectivity index (χ0n) is 28.0. The molecule has 0 aromatic heterocycles. The van der Waals surface area contributed by atoms with Crippen molar-refractivity contribution in [3.63, 3.8) is 0 Å². The Hall–Kier alpha value is -3.19. The number of anilines is 1. The molecule has 2 aliphatic carbocycles. The first-order valence-corrected chi connectivity index (χ1v) is 18.9. The lowest BCUT2D eigenvalue weighted by molar-refractivity contribution is -0.148. The summed E-state index contributed by atoms with van der Waals surface area (Å²) in [5, 5.41) is 10.2. The number of fused-ring (bicyclic) bond motifs is 3. The van der Waals surface area contributed by atoms with E-state index in [2.05, 4.69) is 4.90 Å². The average Bonchev–Trinajstić information content (AvgIpc) is 3.83. The van der Waals surface area contributed by atoms with Crippen molar-refractivity contribution in [1.82, 2.24) is 9.62 Å². The third kappa shape index (κ3) is 7.48. The molecule has 266 valence electrons. The number of benzene rings is 2. The highest BCUT2D eigenvalue weighted by atomic mass is 35.5. The first kappa shape index (κ1) is 35.6. The average molecular weight is 718 g/mol. The highest BCUT2D eigenvalue weighted by Crippen LogP contribution is 2.45. The van der Waals surface area contributed by atoms with Crippen molar-refractivity contribution in [3.8, 4) is 5.75 Å². The van der Waals surface area contributed by atoms with Crippen LogP contribution < -0.4 is 14.4 Å². The molecule has 4 atom stereocenters. The van der Waals surface area contributed by atoms with Gasteiger partial charge in [0.05, 0.1) is 18.2 Å². The molecule has 0 spiro atoms. The normalized spacial score (nSPS) is 28.1. The number of aliphatic hydroxyl groups is 1. The highest BCUT2D eigenvalue weighted by Gasteiger charge is 2.58. The lowest BCUT2D eigenvalue weighted by Gasteiger charge is -2.43. The van der Waals surface area contributed by atoms with Crippen molar-refractivity contribution < 1.29 is 37.0 Å². The van der Waals surface area contributed by atoms with Crippen molar-refractivity contribution in [1.29, 1.82) is 0 Å². The van der Waals surface area contributed by atoms with E-state index in [9.17, 15) is 27.5 Å². The Morgan fingerprint density at radius 2 is 1.92 bits per heavy atom. The lowest BCUT2D eigenvalue weighted by atomic mass is 9.70. The smallest absolute Gasteiger partial charge is 0.270 e. The Bertz CT molecular complexity index is 1720. The molecule has 13 heteroatoms. The number of hydrogen-bond donors (Lipinski definition) is 2. The molecule has 6 rings (SSSR count). The zero-order valence-corrected chi connectivity index (χ0v) is 29.6. The van der Waals surface area contributed by atoms with Gasteiger partial charge in [-0.3, -0.25) is 9.59 Å². The van der Waals surface area contributed by atoms with Gasteiger partial charge in [0, 0.05) is 51.7 Å². The van der Waals surface area contributed by atoms with Gasteiger partial charge in [-0.15, -0.1) is 0 Å². The fourth-order valence-corrected chi connectivity index (χ4v) is 8.51. The number of carbonyl (C=O) groups is 2. The SMILES string of the molecule is CO[C@H]1/C=C/CCN(C)C(=O)C[C@](O)(C(=O)NS(=O)(=O)C2(F)CC2)c2ccc3c(c2)N(CCCCc2cc(Cl)ccc2CO3)C[C@@H]2CC[C@H]21. The first-order chi connectivity index (χ1) is 23.3. The van der Waals surface area contributed by atoms with E-state index in [0.717, 1.165) is 43.2 Å². The molecule has 0 radical (unpaired) electrons. The molecule has 0 saturated heterocycles. The number of halogens is 2. The number of ether oxygens (including phenoxy) is 2. The van der Waals surface area contributed by atoms with Gasteiger partial charge in [0.15, 0.2) is 5.60 Å². The molecular weight excluding hydrogens is 673 g/mol. The summed E-state index contributed by atoms with van der Waals surface area (Å²) in [6, 6.07) is 10.5. The second-order valence-corrected chi connectivity index (χ2v) is 16.3. The van der Waals surface area contributed by atoms with Gasteiger partial charge in [0.1, 0.15) is 12.4 Å². The minimum absolute atomic E-state index is 0.00646. The van der Waals surface area contributed by atoms with Crippen molar-refractivity contribution in [2.75, 3.05) is 38.7 Å². The fraction of sp³-hybridized carbons (Fsp3) is 0.556. The summed E-state index contributed by atoms with van der Waals surface area (Å²) in [7, 11) is -1.49. The number of rotatable bonds is 4. The molecule has 2 bridgehead atoms. The summed E-state index contributed by atoms with van der Waals surface area (Å²) in [5.74, 6) is -0.897. The topological polar surface area (TPSA) is 125 Å². The molecular formula is C36H45ClFN3O7S. The minimum Gasteiger partial charge on any atom is -0.487 e. The third-order valence-electron chi connectivity index (χ3n) is 10.6. The number of hydrogen-bond acceptors (Lipinski definition) is 8. The highest BCUT2D eigenvalue weighted by molar-refractivity contribution is 7.91. The number of amides is 2. The summed E-state index contributed by atoms with van der Waals surface area (Å²) in [6.45, 7) is 1.83. The van der Waals surface area contributed by atoms with Gasteiger partial charge in [-0.1, -0.05) is 35.9 Å². The van der Waals surface area contributed by atoms with E-state index in [0.29, 0.717) is 42.5 Å². The van der Waals surface area contributed by atoms with E-state index in [1.165, 1.54) is 11.0 Å². The van der Waals surface area contributed by atoms with Gasteiger partial charge < -0.3 is 24.4 Å². The molecule has 2 aromatic carbocycles. The predicted molar refractivity (Wildman–Crippen MR) is 184 cm³/mol. The molecule has 10 nitrogen and oxygen atoms in total. The molecule has 49 heavy (non-hydrogen) atoms. The standard InChI is InChI=1S/C36H45ClFN3O7S/c1-40-17-5-4-8-31(47-2)29-13-10-25(29)22-41-18-6-3-7-24-19-28(37)12-9-26(24)23-48-32-14-11-27(20-30(32)41)36(44,21-33(40)42)34(43)39-49(45,46)35(38)15-16-35/h4,8-9,11-12,14,19-20,25,29,31,44H,3,5-7,10,13,15-18,21-23H2,1-2H3,(H,39,43)/b8-4+/t25-,29+,31-,36+/m0/s1. The van der Waals surface area contributed by atoms with Crippen LogP contribution in [-0.4, -0.2) is 75.1 Å². The predicted octanol–water partition coefficient (Wildman–Crippen LogP) is 5.00. The van der Waals surface area contributed by atoms with Crippen LogP contribution in [0.2, 0.25) is 5.02 Å². The second-order valence-electron chi connectivity index (χ2n) is 13.9. The lowest BCUT2D eigenvalue weighted by Crippen LogP contribution is -2.51. The third-order valence-corrected chi connectivity index (χ3v) is 12.7. The van der Waals surface area contributed by atoms with Crippen LogP contribution in [-0.2, 0) is 43.0 Å². The Balaban J connectivity index is 1.45. The van der Waals surface area contributed by atoms with Crippen LogP contribution in [0.4, 0.5) is 10.1 Å². The van der Waals surface area contributed by atoms with Gasteiger partial charge in [0.2, 0.25) is 10.9 Å². The Labute approximate surface area is 292 Å². The van der Waals surface area contributed by atoms with Crippen molar-refractivity contribution in [2.45, 2.75) is 81.1 Å². The van der Waals surface area contributed by atoms with Crippen LogP contribution >= 0.6 is 11.6 Å². The van der Waals surface area contributed by atoms with Gasteiger partial charge in [0.25, 0.3) is 15.9 Å². The molecule has 0 unspecified atom stereocenters. The number of nitrogens with zero attached hydrogens (tertiary/aromatic N) is 2.